The third-order valence-corrected chi connectivity index (χ3v) is 4.46. The van der Waals surface area contributed by atoms with Gasteiger partial charge in [-0.1, -0.05) is 60.7 Å². The molecule has 27 heavy (non-hydrogen) atoms. The van der Waals surface area contributed by atoms with Crippen molar-refractivity contribution in [1.82, 2.24) is 4.98 Å². The van der Waals surface area contributed by atoms with Crippen LogP contribution in [0.3, 0.4) is 0 Å². The summed E-state index contributed by atoms with van der Waals surface area (Å²) in [5.74, 6) is 0.878. The second kappa shape index (κ2) is 7.88. The summed E-state index contributed by atoms with van der Waals surface area (Å²) in [4.78, 5) is 4.93. The number of nitrogens with zero attached hydrogens (tertiary/aromatic N) is 1. The molecule has 0 fully saturated rings. The van der Waals surface area contributed by atoms with Gasteiger partial charge in [-0.3, -0.25) is 0 Å². The van der Waals surface area contributed by atoms with Gasteiger partial charge in [-0.15, -0.1) is 0 Å². The second-order valence-corrected chi connectivity index (χ2v) is 6.32. The van der Waals surface area contributed by atoms with Crippen molar-refractivity contribution in [2.24, 2.45) is 0 Å². The molecule has 2 nitrogen and oxygen atoms in total. The molecule has 1 heterocycles. The quantitative estimate of drug-likeness (QED) is 0.410. The average Bonchev–Trinajstić information content (AvgIpc) is 2.75. The number of hydrogen-bond donors (Lipinski definition) is 0. The molecule has 0 radical (unpaired) electrons. The van der Waals surface area contributed by atoms with Gasteiger partial charge in [0.15, 0.2) is 0 Å². The fourth-order valence-corrected chi connectivity index (χ4v) is 3.12. The van der Waals surface area contributed by atoms with Crippen molar-refractivity contribution in [3.8, 4) is 39.4 Å². The maximum atomic E-state index is 5.56. The molecule has 0 unspecified atom stereocenters. The van der Waals surface area contributed by atoms with Crippen molar-refractivity contribution in [2.45, 2.75) is 6.92 Å². The number of benzene rings is 3. The lowest BCUT2D eigenvalue weighted by Gasteiger charge is -2.11. The smallest absolute Gasteiger partial charge is 0.119 e. The second-order valence-electron chi connectivity index (χ2n) is 6.32. The molecule has 4 aromatic rings. The van der Waals surface area contributed by atoms with Crippen molar-refractivity contribution in [3.63, 3.8) is 0 Å². The van der Waals surface area contributed by atoms with Crippen LogP contribution in [0.15, 0.2) is 97.1 Å². The molecule has 0 amide bonds. The predicted octanol–water partition coefficient (Wildman–Crippen LogP) is 6.48. The van der Waals surface area contributed by atoms with Crippen LogP contribution < -0.4 is 4.74 Å². The lowest BCUT2D eigenvalue weighted by Crippen LogP contribution is -1.93. The Labute approximate surface area is 160 Å². The molecule has 0 atom stereocenters. The summed E-state index contributed by atoms with van der Waals surface area (Å²) in [7, 11) is 0. The van der Waals surface area contributed by atoms with Crippen LogP contribution in [-0.2, 0) is 0 Å². The Bertz CT molecular complexity index is 951. The topological polar surface area (TPSA) is 22.1 Å². The highest BCUT2D eigenvalue weighted by Gasteiger charge is 2.09. The van der Waals surface area contributed by atoms with Crippen LogP contribution in [0.25, 0.3) is 33.6 Å². The first-order valence-corrected chi connectivity index (χ1v) is 9.19. The van der Waals surface area contributed by atoms with E-state index in [4.69, 9.17) is 9.72 Å². The van der Waals surface area contributed by atoms with Crippen LogP contribution >= 0.6 is 0 Å². The van der Waals surface area contributed by atoms with E-state index in [1.807, 2.05) is 43.3 Å². The highest BCUT2D eigenvalue weighted by molar-refractivity contribution is 5.76. The zero-order chi connectivity index (χ0) is 18.5. The molecule has 3 aromatic carbocycles. The number of pyridine rings is 1. The monoisotopic (exact) mass is 351 g/mol. The van der Waals surface area contributed by atoms with Gasteiger partial charge in [-0.05, 0) is 54.4 Å². The Kier molecular flexibility index (Phi) is 4.97. The lowest BCUT2D eigenvalue weighted by molar-refractivity contribution is 0.340. The van der Waals surface area contributed by atoms with Crippen LogP contribution in [0.2, 0.25) is 0 Å². The zero-order valence-electron chi connectivity index (χ0n) is 15.3. The van der Waals surface area contributed by atoms with Gasteiger partial charge < -0.3 is 4.74 Å². The van der Waals surface area contributed by atoms with E-state index in [9.17, 15) is 0 Å². The Hall–Kier alpha value is -3.39. The summed E-state index contributed by atoms with van der Waals surface area (Å²) in [5.41, 5.74) is 6.47. The summed E-state index contributed by atoms with van der Waals surface area (Å²) in [6.45, 7) is 2.66. The highest BCUT2D eigenvalue weighted by atomic mass is 16.5. The summed E-state index contributed by atoms with van der Waals surface area (Å²) in [5, 5.41) is 0. The van der Waals surface area contributed by atoms with Gasteiger partial charge in [0.2, 0.25) is 0 Å². The minimum atomic E-state index is 0.666. The summed E-state index contributed by atoms with van der Waals surface area (Å²) in [6.07, 6.45) is 0. The molecule has 0 aliphatic rings. The third-order valence-electron chi connectivity index (χ3n) is 4.46. The molecule has 132 valence electrons. The van der Waals surface area contributed by atoms with Gasteiger partial charge in [-0.2, -0.15) is 0 Å². The third kappa shape index (κ3) is 3.90. The first kappa shape index (κ1) is 17.0. The van der Waals surface area contributed by atoms with Crippen LogP contribution in [0.4, 0.5) is 0 Å². The zero-order valence-corrected chi connectivity index (χ0v) is 15.3. The first-order valence-electron chi connectivity index (χ1n) is 9.19. The van der Waals surface area contributed by atoms with Gasteiger partial charge in [0.1, 0.15) is 5.75 Å². The maximum Gasteiger partial charge on any atom is 0.119 e. The Balaban J connectivity index is 1.83. The summed E-state index contributed by atoms with van der Waals surface area (Å²) < 4.78 is 5.56. The number of rotatable bonds is 5. The SMILES string of the molecule is CCOc1ccc(-c2cc(-c3ccccc3)cc(-c3ccccc3)n2)cc1. The van der Waals surface area contributed by atoms with Crippen LogP contribution in [0, 0.1) is 0 Å². The van der Waals surface area contributed by atoms with E-state index in [2.05, 4.69) is 60.7 Å². The molecule has 0 saturated carbocycles. The van der Waals surface area contributed by atoms with Gasteiger partial charge in [0, 0.05) is 11.1 Å². The fourth-order valence-electron chi connectivity index (χ4n) is 3.12. The Morgan fingerprint density at radius 1 is 0.593 bits per heavy atom. The molecular formula is C25H21NO. The van der Waals surface area contributed by atoms with Gasteiger partial charge in [0.25, 0.3) is 0 Å². The molecule has 0 aliphatic carbocycles. The van der Waals surface area contributed by atoms with E-state index < -0.39 is 0 Å². The highest BCUT2D eigenvalue weighted by Crippen LogP contribution is 2.30. The molecule has 0 bridgehead atoms. The number of aromatic nitrogens is 1. The molecular weight excluding hydrogens is 330 g/mol. The van der Waals surface area contributed by atoms with Crippen LogP contribution in [-0.4, -0.2) is 11.6 Å². The largest absolute Gasteiger partial charge is 0.494 e. The van der Waals surface area contributed by atoms with Crippen molar-refractivity contribution >= 4 is 0 Å². The van der Waals surface area contributed by atoms with Crippen molar-refractivity contribution in [3.05, 3.63) is 97.1 Å². The van der Waals surface area contributed by atoms with E-state index in [-0.39, 0.29) is 0 Å². The number of hydrogen-bond acceptors (Lipinski definition) is 2. The summed E-state index contributed by atoms with van der Waals surface area (Å²) in [6, 6.07) is 33.2. The normalized spacial score (nSPS) is 10.6. The van der Waals surface area contributed by atoms with E-state index in [0.29, 0.717) is 6.61 Å². The molecule has 2 heteroatoms. The Morgan fingerprint density at radius 3 is 1.67 bits per heavy atom. The van der Waals surface area contributed by atoms with E-state index in [1.54, 1.807) is 0 Å². The van der Waals surface area contributed by atoms with E-state index in [1.165, 1.54) is 5.56 Å². The molecule has 0 N–H and O–H groups in total. The van der Waals surface area contributed by atoms with Crippen LogP contribution in [0.5, 0.6) is 5.75 Å². The standard InChI is InChI=1S/C25H21NO/c1-2-27-23-15-13-21(14-16-23)25-18-22(19-9-5-3-6-10-19)17-24(26-25)20-11-7-4-8-12-20/h3-18H,2H2,1H3. The van der Waals surface area contributed by atoms with Gasteiger partial charge in [-0.25, -0.2) is 4.98 Å². The minimum Gasteiger partial charge on any atom is -0.494 e. The number of ether oxygens (including phenoxy) is 1. The van der Waals surface area contributed by atoms with Gasteiger partial charge in [0.05, 0.1) is 18.0 Å². The lowest BCUT2D eigenvalue weighted by atomic mass is 10.00. The van der Waals surface area contributed by atoms with E-state index >= 15 is 0 Å². The van der Waals surface area contributed by atoms with E-state index in [0.717, 1.165) is 33.8 Å². The first-order chi connectivity index (χ1) is 13.3. The molecule has 0 aliphatic heterocycles. The average molecular weight is 351 g/mol. The molecule has 0 spiro atoms. The van der Waals surface area contributed by atoms with Gasteiger partial charge >= 0.3 is 0 Å². The molecule has 1 aromatic heterocycles. The predicted molar refractivity (Wildman–Crippen MR) is 112 cm³/mol. The fraction of sp³-hybridized carbons (Fsp3) is 0.0800. The molecule has 0 saturated heterocycles. The van der Waals surface area contributed by atoms with Crippen molar-refractivity contribution < 1.29 is 4.74 Å². The minimum absolute atomic E-state index is 0.666. The summed E-state index contributed by atoms with van der Waals surface area (Å²) >= 11 is 0. The van der Waals surface area contributed by atoms with Crippen molar-refractivity contribution in [1.29, 1.82) is 0 Å². The van der Waals surface area contributed by atoms with Crippen LogP contribution in [0.1, 0.15) is 6.92 Å². The van der Waals surface area contributed by atoms with Crippen molar-refractivity contribution in [2.75, 3.05) is 6.61 Å². The maximum absolute atomic E-state index is 5.56. The Morgan fingerprint density at radius 2 is 1.11 bits per heavy atom. The molecule has 4 rings (SSSR count).